The van der Waals surface area contributed by atoms with E-state index < -0.39 is 35.5 Å². The van der Waals surface area contributed by atoms with Gasteiger partial charge >= 0.3 is 17.9 Å². The number of aromatic nitrogens is 2. The number of anilines is 1. The highest BCUT2D eigenvalue weighted by Gasteiger charge is 2.29. The summed E-state index contributed by atoms with van der Waals surface area (Å²) in [5, 5.41) is 45.5. The summed E-state index contributed by atoms with van der Waals surface area (Å²) in [4.78, 5) is 48.2. The molecule has 0 saturated heterocycles. The van der Waals surface area contributed by atoms with Crippen LogP contribution in [0.5, 0.6) is 0 Å². The van der Waals surface area contributed by atoms with Gasteiger partial charge in [0.2, 0.25) is 5.43 Å². The number of hydrogen-bond donors (Lipinski definition) is 6. The van der Waals surface area contributed by atoms with Gasteiger partial charge in [0.05, 0.1) is 5.52 Å². The third-order valence-corrected chi connectivity index (χ3v) is 6.05. The Balaban J connectivity index is 0.000000325. The third kappa shape index (κ3) is 5.60. The summed E-state index contributed by atoms with van der Waals surface area (Å²) in [5.41, 5.74) is 4.20. The van der Waals surface area contributed by atoms with E-state index in [-0.39, 0.29) is 11.6 Å². The lowest BCUT2D eigenvalue weighted by atomic mass is 9.97. The van der Waals surface area contributed by atoms with Gasteiger partial charge in [0.25, 0.3) is 0 Å². The minimum atomic E-state index is -2.27. The second-order valence-corrected chi connectivity index (χ2v) is 8.66. The lowest BCUT2D eigenvalue weighted by molar-refractivity contribution is -0.165. The van der Waals surface area contributed by atoms with Crippen LogP contribution < -0.4 is 10.7 Å². The first kappa shape index (κ1) is 27.3. The van der Waals surface area contributed by atoms with Crippen LogP contribution >= 0.6 is 0 Å². The summed E-state index contributed by atoms with van der Waals surface area (Å²) in [6.07, 6.45) is 0.791. The number of aliphatic hydroxyl groups is 2. The van der Waals surface area contributed by atoms with E-state index in [2.05, 4.69) is 16.4 Å². The van der Waals surface area contributed by atoms with Crippen molar-refractivity contribution in [2.75, 3.05) is 12.4 Å². The SMILES string of the molecule is CNc1ncc(-c2ccc3c(=O)c(C(=O)O)cn(C4CC4)c3c2C)cc1C.O=C(O)[C@H](O)[C@@H](O)C(=O)O. The van der Waals surface area contributed by atoms with Gasteiger partial charge in [0, 0.05) is 36.4 Å². The van der Waals surface area contributed by atoms with E-state index >= 15 is 0 Å². The number of nitrogens with one attached hydrogen (secondary N) is 1. The molecule has 4 rings (SSSR count). The monoisotopic (exact) mass is 513 g/mol. The van der Waals surface area contributed by atoms with Crippen LogP contribution in [0.4, 0.5) is 5.82 Å². The van der Waals surface area contributed by atoms with Crippen molar-refractivity contribution >= 4 is 34.6 Å². The number of carbonyl (C=O) groups is 3. The van der Waals surface area contributed by atoms with E-state index in [0.29, 0.717) is 5.39 Å². The molecule has 3 aromatic rings. The normalized spacial score (nSPS) is 14.3. The number of carboxylic acid groups (broad SMARTS) is 3. The Morgan fingerprint density at radius 2 is 1.65 bits per heavy atom. The number of pyridine rings is 2. The number of nitrogens with zero attached hydrogens (tertiary/aromatic N) is 2. The average molecular weight is 514 g/mol. The van der Waals surface area contributed by atoms with Crippen LogP contribution in [-0.4, -0.2) is 72.2 Å². The molecule has 196 valence electrons. The summed E-state index contributed by atoms with van der Waals surface area (Å²) >= 11 is 0. The fourth-order valence-electron chi connectivity index (χ4n) is 3.98. The van der Waals surface area contributed by atoms with Crippen LogP contribution in [-0.2, 0) is 9.59 Å². The van der Waals surface area contributed by atoms with Gasteiger partial charge in [-0.05, 0) is 55.5 Å². The van der Waals surface area contributed by atoms with E-state index in [4.69, 9.17) is 20.4 Å². The van der Waals surface area contributed by atoms with Crippen molar-refractivity contribution in [3.63, 3.8) is 0 Å². The van der Waals surface area contributed by atoms with Crippen LogP contribution in [0.25, 0.3) is 22.0 Å². The summed E-state index contributed by atoms with van der Waals surface area (Å²) in [6.45, 7) is 3.98. The van der Waals surface area contributed by atoms with Crippen molar-refractivity contribution in [1.82, 2.24) is 9.55 Å². The van der Waals surface area contributed by atoms with Gasteiger partial charge in [-0.3, -0.25) is 4.79 Å². The maximum Gasteiger partial charge on any atom is 0.341 e. The second kappa shape index (κ2) is 10.8. The largest absolute Gasteiger partial charge is 0.479 e. The molecular formula is C25H27N3O9. The van der Waals surface area contributed by atoms with Gasteiger partial charge in [0.15, 0.2) is 12.2 Å². The number of rotatable bonds is 7. The highest BCUT2D eigenvalue weighted by Crippen LogP contribution is 2.39. The topological polar surface area (TPSA) is 199 Å². The first-order valence-electron chi connectivity index (χ1n) is 11.3. The predicted octanol–water partition coefficient (Wildman–Crippen LogP) is 1.63. The standard InChI is InChI=1S/C21H21N3O3.C4H6O6/c1-11-8-13(9-23-20(11)22-3)15-6-7-16-18(12(15)2)24(14-4-5-14)10-17(19(16)25)21(26)27;5-1(3(7)8)2(6)4(9)10/h6-10,14H,4-5H2,1-3H3,(H,22,23)(H,26,27);1-2,5-6H,(H,7,8)(H,9,10)/t;1-,2-/m.1/s1. The zero-order valence-electron chi connectivity index (χ0n) is 20.3. The molecule has 0 amide bonds. The smallest absolute Gasteiger partial charge is 0.341 e. The molecule has 1 saturated carbocycles. The fraction of sp³-hybridized carbons (Fsp3) is 0.320. The number of hydrogen-bond acceptors (Lipinski definition) is 8. The Hall–Kier alpha value is -4.29. The molecule has 1 aliphatic rings. The zero-order valence-corrected chi connectivity index (χ0v) is 20.3. The lowest BCUT2D eigenvalue weighted by Gasteiger charge is -2.17. The minimum Gasteiger partial charge on any atom is -0.479 e. The fourth-order valence-corrected chi connectivity index (χ4v) is 3.98. The third-order valence-electron chi connectivity index (χ3n) is 6.05. The molecule has 1 aliphatic carbocycles. The molecule has 2 heterocycles. The molecule has 2 atom stereocenters. The highest BCUT2D eigenvalue weighted by molar-refractivity contribution is 5.95. The van der Waals surface area contributed by atoms with E-state index in [0.717, 1.165) is 46.4 Å². The average Bonchev–Trinajstić information content (AvgIpc) is 3.69. The Morgan fingerprint density at radius 1 is 1.05 bits per heavy atom. The molecule has 0 unspecified atom stereocenters. The first-order valence-corrected chi connectivity index (χ1v) is 11.3. The van der Waals surface area contributed by atoms with Crippen molar-refractivity contribution in [2.45, 2.75) is 44.9 Å². The second-order valence-electron chi connectivity index (χ2n) is 8.66. The summed E-state index contributed by atoms with van der Waals surface area (Å²) < 4.78 is 1.97. The molecule has 6 N–H and O–H groups in total. The Labute approximate surface area is 210 Å². The Bertz CT molecular complexity index is 1430. The molecule has 12 heteroatoms. The number of aliphatic carboxylic acids is 2. The van der Waals surface area contributed by atoms with Crippen molar-refractivity contribution in [3.8, 4) is 11.1 Å². The number of aromatic carboxylic acids is 1. The van der Waals surface area contributed by atoms with Crippen molar-refractivity contribution < 1.29 is 39.9 Å². The molecule has 1 aromatic carbocycles. The molecule has 0 bridgehead atoms. The van der Waals surface area contributed by atoms with Gasteiger partial charge in [-0.15, -0.1) is 0 Å². The molecule has 37 heavy (non-hydrogen) atoms. The van der Waals surface area contributed by atoms with E-state index in [1.807, 2.05) is 37.7 Å². The number of benzene rings is 1. The van der Waals surface area contributed by atoms with Gasteiger partial charge in [0.1, 0.15) is 11.4 Å². The van der Waals surface area contributed by atoms with Crippen molar-refractivity contribution in [1.29, 1.82) is 0 Å². The van der Waals surface area contributed by atoms with Crippen molar-refractivity contribution in [2.24, 2.45) is 0 Å². The van der Waals surface area contributed by atoms with E-state index in [1.165, 1.54) is 6.20 Å². The van der Waals surface area contributed by atoms with E-state index in [1.54, 1.807) is 6.07 Å². The van der Waals surface area contributed by atoms with Gasteiger partial charge < -0.3 is 35.4 Å². The molecule has 1 fully saturated rings. The highest BCUT2D eigenvalue weighted by atomic mass is 16.4. The number of fused-ring (bicyclic) bond motifs is 1. The lowest BCUT2D eigenvalue weighted by Crippen LogP contribution is -2.39. The van der Waals surface area contributed by atoms with Gasteiger partial charge in [-0.2, -0.15) is 0 Å². The minimum absolute atomic E-state index is 0.169. The van der Waals surface area contributed by atoms with Crippen LogP contribution in [0.1, 0.15) is 40.4 Å². The van der Waals surface area contributed by atoms with Crippen LogP contribution in [0, 0.1) is 13.8 Å². The molecule has 0 spiro atoms. The number of carboxylic acids is 3. The van der Waals surface area contributed by atoms with Crippen LogP contribution in [0.2, 0.25) is 0 Å². The molecule has 12 nitrogen and oxygen atoms in total. The molecular weight excluding hydrogens is 486 g/mol. The zero-order chi connectivity index (χ0) is 27.6. The van der Waals surface area contributed by atoms with Gasteiger partial charge in [-0.1, -0.05) is 6.07 Å². The molecule has 2 aromatic heterocycles. The Morgan fingerprint density at radius 3 is 2.11 bits per heavy atom. The molecule has 0 aliphatic heterocycles. The quantitative estimate of drug-likeness (QED) is 0.268. The first-order chi connectivity index (χ1) is 17.4. The maximum atomic E-state index is 12.7. The van der Waals surface area contributed by atoms with Crippen molar-refractivity contribution in [3.05, 3.63) is 57.5 Å². The number of aliphatic hydroxyl groups excluding tert-OH is 2. The summed E-state index contributed by atoms with van der Waals surface area (Å²) in [5.74, 6) is -3.89. The predicted molar refractivity (Wildman–Crippen MR) is 133 cm³/mol. The van der Waals surface area contributed by atoms with Crippen LogP contribution in [0.15, 0.2) is 35.4 Å². The van der Waals surface area contributed by atoms with E-state index in [9.17, 15) is 24.3 Å². The van der Waals surface area contributed by atoms with Crippen LogP contribution in [0.3, 0.4) is 0 Å². The maximum absolute atomic E-state index is 12.7. The summed E-state index contributed by atoms with van der Waals surface area (Å²) in [6, 6.07) is 5.95. The number of aryl methyl sites for hydroxylation is 2. The molecule has 0 radical (unpaired) electrons. The van der Waals surface area contributed by atoms with Gasteiger partial charge in [-0.25, -0.2) is 19.4 Å². The Kier molecular flexibility index (Phi) is 7.94. The summed E-state index contributed by atoms with van der Waals surface area (Å²) in [7, 11) is 1.84.